The third-order valence-corrected chi connectivity index (χ3v) is 4.34. The highest BCUT2D eigenvalue weighted by Gasteiger charge is 2.27. The quantitative estimate of drug-likeness (QED) is 0.712. The molecular formula is C13H25N. The van der Waals surface area contributed by atoms with Gasteiger partial charge in [-0.2, -0.15) is 0 Å². The summed E-state index contributed by atoms with van der Waals surface area (Å²) >= 11 is 0. The molecule has 2 rings (SSSR count). The Kier molecular flexibility index (Phi) is 3.86. The minimum Gasteiger partial charge on any atom is -0.314 e. The van der Waals surface area contributed by atoms with E-state index in [4.69, 9.17) is 0 Å². The van der Waals surface area contributed by atoms with Crippen molar-refractivity contribution in [1.29, 1.82) is 0 Å². The molecule has 2 aliphatic rings. The van der Waals surface area contributed by atoms with Crippen molar-refractivity contribution in [2.24, 2.45) is 11.8 Å². The minimum absolute atomic E-state index is 0.869. The summed E-state index contributed by atoms with van der Waals surface area (Å²) in [6.45, 7) is 3.63. The van der Waals surface area contributed by atoms with Crippen LogP contribution in [0.1, 0.15) is 58.3 Å². The van der Waals surface area contributed by atoms with Crippen LogP contribution in [0.25, 0.3) is 0 Å². The average molecular weight is 195 g/mol. The van der Waals surface area contributed by atoms with Gasteiger partial charge in [0.05, 0.1) is 0 Å². The molecule has 0 bridgehead atoms. The molecule has 1 heterocycles. The van der Waals surface area contributed by atoms with Crippen LogP contribution in [0.5, 0.6) is 0 Å². The molecule has 1 nitrogen and oxygen atoms in total. The second-order valence-electron chi connectivity index (χ2n) is 5.26. The molecule has 2 atom stereocenters. The second-order valence-corrected chi connectivity index (χ2v) is 5.26. The van der Waals surface area contributed by atoms with Gasteiger partial charge in [-0.1, -0.05) is 32.6 Å². The maximum Gasteiger partial charge on any atom is 0.00979 e. The Bertz CT molecular complexity index is 161. The van der Waals surface area contributed by atoms with Crippen LogP contribution >= 0.6 is 0 Å². The van der Waals surface area contributed by atoms with Crippen molar-refractivity contribution in [3.8, 4) is 0 Å². The predicted molar refractivity (Wildman–Crippen MR) is 61.4 cm³/mol. The van der Waals surface area contributed by atoms with Crippen molar-refractivity contribution >= 4 is 0 Å². The van der Waals surface area contributed by atoms with Crippen LogP contribution in [0.3, 0.4) is 0 Å². The van der Waals surface area contributed by atoms with E-state index in [2.05, 4.69) is 12.2 Å². The second kappa shape index (κ2) is 5.16. The topological polar surface area (TPSA) is 12.0 Å². The molecule has 1 saturated heterocycles. The Hall–Kier alpha value is -0.0400. The lowest BCUT2D eigenvalue weighted by Crippen LogP contribution is -2.43. The van der Waals surface area contributed by atoms with E-state index in [9.17, 15) is 0 Å². The minimum atomic E-state index is 0.869. The number of rotatable bonds is 2. The molecule has 0 radical (unpaired) electrons. The lowest BCUT2D eigenvalue weighted by atomic mass is 9.77. The summed E-state index contributed by atoms with van der Waals surface area (Å²) in [5.41, 5.74) is 0. The molecule has 1 aliphatic heterocycles. The summed E-state index contributed by atoms with van der Waals surface area (Å²) in [6.07, 6.45) is 11.7. The van der Waals surface area contributed by atoms with Crippen LogP contribution in [0.4, 0.5) is 0 Å². The van der Waals surface area contributed by atoms with E-state index >= 15 is 0 Å². The first-order valence-electron chi connectivity index (χ1n) is 6.63. The monoisotopic (exact) mass is 195 g/mol. The van der Waals surface area contributed by atoms with Gasteiger partial charge < -0.3 is 5.32 Å². The highest BCUT2D eigenvalue weighted by Crippen LogP contribution is 2.32. The smallest absolute Gasteiger partial charge is 0.00979 e. The van der Waals surface area contributed by atoms with Gasteiger partial charge in [-0.25, -0.2) is 0 Å². The molecule has 1 heteroatoms. The van der Waals surface area contributed by atoms with Crippen LogP contribution in [0, 0.1) is 11.8 Å². The number of nitrogens with one attached hydrogen (secondary N) is 1. The molecule has 14 heavy (non-hydrogen) atoms. The highest BCUT2D eigenvalue weighted by molar-refractivity contribution is 4.84. The van der Waals surface area contributed by atoms with E-state index in [1.165, 1.54) is 57.9 Å². The van der Waals surface area contributed by atoms with E-state index in [-0.39, 0.29) is 0 Å². The molecule has 0 aromatic rings. The largest absolute Gasteiger partial charge is 0.314 e. The van der Waals surface area contributed by atoms with Gasteiger partial charge >= 0.3 is 0 Å². The van der Waals surface area contributed by atoms with E-state index in [1.807, 2.05) is 0 Å². The Morgan fingerprint density at radius 2 is 1.86 bits per heavy atom. The fourth-order valence-corrected chi connectivity index (χ4v) is 3.30. The Balaban J connectivity index is 1.83. The van der Waals surface area contributed by atoms with Crippen LogP contribution in [0.15, 0.2) is 0 Å². The Morgan fingerprint density at radius 3 is 2.57 bits per heavy atom. The maximum atomic E-state index is 3.75. The summed E-state index contributed by atoms with van der Waals surface area (Å²) in [5, 5.41) is 3.75. The number of hydrogen-bond donors (Lipinski definition) is 1. The molecule has 1 saturated carbocycles. The molecule has 0 aromatic carbocycles. The van der Waals surface area contributed by atoms with Gasteiger partial charge in [-0.3, -0.25) is 0 Å². The number of piperidine rings is 1. The maximum absolute atomic E-state index is 3.75. The fourth-order valence-electron chi connectivity index (χ4n) is 3.30. The Labute approximate surface area is 88.7 Å². The molecule has 2 fully saturated rings. The molecule has 1 aliphatic carbocycles. The van der Waals surface area contributed by atoms with Crippen LogP contribution < -0.4 is 5.32 Å². The zero-order valence-electron chi connectivity index (χ0n) is 9.60. The lowest BCUT2D eigenvalue weighted by Gasteiger charge is -2.37. The predicted octanol–water partition coefficient (Wildman–Crippen LogP) is 3.34. The van der Waals surface area contributed by atoms with Gasteiger partial charge in [0, 0.05) is 6.04 Å². The van der Waals surface area contributed by atoms with Gasteiger partial charge in [0.1, 0.15) is 0 Å². The first-order valence-corrected chi connectivity index (χ1v) is 6.63. The normalized spacial score (nSPS) is 35.8. The van der Waals surface area contributed by atoms with Gasteiger partial charge in [-0.15, -0.1) is 0 Å². The van der Waals surface area contributed by atoms with Crippen molar-refractivity contribution in [2.45, 2.75) is 64.3 Å². The standard InChI is InChI=1S/C13H25N/c1-2-11-8-9-14-13(10-11)12-6-4-3-5-7-12/h11-14H,2-10H2,1H3. The first-order chi connectivity index (χ1) is 6.90. The molecule has 1 N–H and O–H groups in total. The summed E-state index contributed by atoms with van der Waals surface area (Å²) in [5.74, 6) is 2.03. The van der Waals surface area contributed by atoms with Gasteiger partial charge in [0.15, 0.2) is 0 Å². The summed E-state index contributed by atoms with van der Waals surface area (Å²) in [7, 11) is 0. The number of hydrogen-bond acceptors (Lipinski definition) is 1. The van der Waals surface area contributed by atoms with Crippen LogP contribution in [-0.4, -0.2) is 12.6 Å². The third-order valence-electron chi connectivity index (χ3n) is 4.34. The highest BCUT2D eigenvalue weighted by atomic mass is 14.9. The molecule has 0 spiro atoms. The summed E-state index contributed by atoms with van der Waals surface area (Å²) in [4.78, 5) is 0. The Morgan fingerprint density at radius 1 is 1.07 bits per heavy atom. The van der Waals surface area contributed by atoms with Crippen molar-refractivity contribution in [3.63, 3.8) is 0 Å². The molecule has 0 amide bonds. The average Bonchev–Trinajstić information content (AvgIpc) is 2.30. The SMILES string of the molecule is CCC1CCNC(C2CCCCC2)C1. The van der Waals surface area contributed by atoms with Crippen LogP contribution in [-0.2, 0) is 0 Å². The van der Waals surface area contributed by atoms with Gasteiger partial charge in [0.25, 0.3) is 0 Å². The van der Waals surface area contributed by atoms with Crippen LogP contribution in [0.2, 0.25) is 0 Å². The third kappa shape index (κ3) is 2.50. The fraction of sp³-hybridized carbons (Fsp3) is 1.00. The van der Waals surface area contributed by atoms with Gasteiger partial charge in [-0.05, 0) is 44.1 Å². The summed E-state index contributed by atoms with van der Waals surface area (Å²) in [6, 6.07) is 0.869. The van der Waals surface area contributed by atoms with Crippen molar-refractivity contribution in [3.05, 3.63) is 0 Å². The van der Waals surface area contributed by atoms with Crippen molar-refractivity contribution < 1.29 is 0 Å². The lowest BCUT2D eigenvalue weighted by molar-refractivity contribution is 0.195. The molecule has 82 valence electrons. The van der Waals surface area contributed by atoms with Crippen molar-refractivity contribution in [1.82, 2.24) is 5.32 Å². The molecular weight excluding hydrogens is 170 g/mol. The molecule has 0 aromatic heterocycles. The zero-order chi connectivity index (χ0) is 9.80. The zero-order valence-corrected chi connectivity index (χ0v) is 9.60. The van der Waals surface area contributed by atoms with E-state index in [0.717, 1.165) is 17.9 Å². The van der Waals surface area contributed by atoms with E-state index in [0.29, 0.717) is 0 Å². The summed E-state index contributed by atoms with van der Waals surface area (Å²) < 4.78 is 0. The van der Waals surface area contributed by atoms with E-state index < -0.39 is 0 Å². The van der Waals surface area contributed by atoms with Crippen molar-refractivity contribution in [2.75, 3.05) is 6.54 Å². The van der Waals surface area contributed by atoms with E-state index in [1.54, 1.807) is 0 Å². The molecule has 2 unspecified atom stereocenters. The first kappa shape index (κ1) is 10.5. The van der Waals surface area contributed by atoms with Gasteiger partial charge in [0.2, 0.25) is 0 Å².